The van der Waals surface area contributed by atoms with Crippen LogP contribution in [0, 0.1) is 0 Å². The number of carbonyl (C=O) groups excluding carboxylic acids is 2. The van der Waals surface area contributed by atoms with E-state index in [4.69, 9.17) is 0 Å². The minimum Gasteiger partial charge on any atom is -0.339 e. The zero-order chi connectivity index (χ0) is 22.1. The van der Waals surface area contributed by atoms with Gasteiger partial charge in [-0.25, -0.2) is 0 Å². The summed E-state index contributed by atoms with van der Waals surface area (Å²) in [4.78, 5) is 27.9. The number of anilines is 1. The lowest BCUT2D eigenvalue weighted by Gasteiger charge is -2.22. The van der Waals surface area contributed by atoms with E-state index in [1.165, 1.54) is 0 Å². The molecule has 1 N–H and O–H groups in total. The molecule has 0 heterocycles. The number of nitrogens with zero attached hydrogens (tertiary/aromatic N) is 1. The van der Waals surface area contributed by atoms with Gasteiger partial charge in [-0.2, -0.15) is 0 Å². The van der Waals surface area contributed by atoms with Gasteiger partial charge in [0.25, 0.3) is 5.91 Å². The summed E-state index contributed by atoms with van der Waals surface area (Å²) in [7, 11) is 0. The average Bonchev–Trinajstić information content (AvgIpc) is 2.80. The lowest BCUT2D eigenvalue weighted by atomic mass is 9.90. The molecule has 3 aromatic carbocycles. The Labute approximate surface area is 184 Å². The fourth-order valence-electron chi connectivity index (χ4n) is 3.73. The largest absolute Gasteiger partial charge is 0.339 e. The van der Waals surface area contributed by atoms with Gasteiger partial charge >= 0.3 is 0 Å². The maximum Gasteiger partial charge on any atom is 0.253 e. The summed E-state index contributed by atoms with van der Waals surface area (Å²) in [6, 6.07) is 26.7. The molecule has 160 valence electrons. The van der Waals surface area contributed by atoms with Crippen LogP contribution in [0.2, 0.25) is 0 Å². The Morgan fingerprint density at radius 3 is 1.68 bits per heavy atom. The molecule has 0 fully saturated rings. The summed E-state index contributed by atoms with van der Waals surface area (Å²) in [5, 5.41) is 3.02. The molecular formula is C27H30N2O2. The van der Waals surface area contributed by atoms with Crippen LogP contribution in [-0.4, -0.2) is 29.8 Å². The van der Waals surface area contributed by atoms with Crippen LogP contribution >= 0.6 is 0 Å². The van der Waals surface area contributed by atoms with Crippen LogP contribution in [0.4, 0.5) is 5.69 Å². The minimum absolute atomic E-state index is 0.0352. The summed E-state index contributed by atoms with van der Waals surface area (Å²) in [5.74, 6) is -0.476. The Morgan fingerprint density at radius 1 is 0.742 bits per heavy atom. The zero-order valence-corrected chi connectivity index (χ0v) is 18.3. The minimum atomic E-state index is -0.409. The summed E-state index contributed by atoms with van der Waals surface area (Å²) in [5.41, 5.74) is 3.19. The first-order chi connectivity index (χ1) is 15.1. The normalized spacial score (nSPS) is 10.7. The summed E-state index contributed by atoms with van der Waals surface area (Å²) >= 11 is 0. The molecule has 0 saturated heterocycles. The van der Waals surface area contributed by atoms with Gasteiger partial charge < -0.3 is 10.2 Å². The third kappa shape index (κ3) is 5.82. The van der Waals surface area contributed by atoms with Crippen molar-refractivity contribution in [3.63, 3.8) is 0 Å². The fourth-order valence-corrected chi connectivity index (χ4v) is 3.73. The first kappa shape index (κ1) is 22.3. The monoisotopic (exact) mass is 414 g/mol. The van der Waals surface area contributed by atoms with Crippen molar-refractivity contribution in [2.45, 2.75) is 32.6 Å². The standard InChI is InChI=1S/C27H30N2O2/c1-3-19-29(20-4-2)27(31)23-15-17-24(18-16-23)28-26(30)25(21-11-7-5-8-12-21)22-13-9-6-10-14-22/h5-18,25H,3-4,19-20H2,1-2H3,(H,28,30). The molecule has 0 aliphatic carbocycles. The highest BCUT2D eigenvalue weighted by Gasteiger charge is 2.23. The Kier molecular flexibility index (Phi) is 7.99. The second-order valence-corrected chi connectivity index (χ2v) is 7.61. The average molecular weight is 415 g/mol. The molecule has 0 spiro atoms. The molecule has 31 heavy (non-hydrogen) atoms. The molecule has 3 aromatic rings. The Morgan fingerprint density at radius 2 is 1.23 bits per heavy atom. The smallest absolute Gasteiger partial charge is 0.253 e. The molecule has 0 aliphatic rings. The molecule has 2 amide bonds. The molecule has 4 heteroatoms. The Hall–Kier alpha value is -3.40. The quantitative estimate of drug-likeness (QED) is 0.487. The lowest BCUT2D eigenvalue weighted by Crippen LogP contribution is -2.32. The molecule has 4 nitrogen and oxygen atoms in total. The predicted molar refractivity (Wildman–Crippen MR) is 126 cm³/mol. The molecule has 0 saturated carbocycles. The number of hydrogen-bond donors (Lipinski definition) is 1. The summed E-state index contributed by atoms with van der Waals surface area (Å²) < 4.78 is 0. The zero-order valence-electron chi connectivity index (χ0n) is 18.3. The Bertz CT molecular complexity index is 924. The molecule has 0 aromatic heterocycles. The van der Waals surface area contributed by atoms with E-state index in [-0.39, 0.29) is 11.8 Å². The van der Waals surface area contributed by atoms with Crippen molar-refractivity contribution in [3.8, 4) is 0 Å². The van der Waals surface area contributed by atoms with Gasteiger partial charge in [-0.3, -0.25) is 9.59 Å². The van der Waals surface area contributed by atoms with Crippen molar-refractivity contribution in [2.24, 2.45) is 0 Å². The van der Waals surface area contributed by atoms with Gasteiger partial charge in [0, 0.05) is 24.3 Å². The van der Waals surface area contributed by atoms with E-state index in [1.807, 2.05) is 65.6 Å². The lowest BCUT2D eigenvalue weighted by molar-refractivity contribution is -0.116. The number of amides is 2. The third-order valence-corrected chi connectivity index (χ3v) is 5.20. The highest BCUT2D eigenvalue weighted by Crippen LogP contribution is 2.26. The Balaban J connectivity index is 1.77. The van der Waals surface area contributed by atoms with Crippen molar-refractivity contribution in [1.82, 2.24) is 4.90 Å². The van der Waals surface area contributed by atoms with E-state index >= 15 is 0 Å². The first-order valence-corrected chi connectivity index (χ1v) is 10.9. The number of benzene rings is 3. The van der Waals surface area contributed by atoms with Gasteiger partial charge in [0.1, 0.15) is 0 Å². The van der Waals surface area contributed by atoms with Crippen LogP contribution in [0.1, 0.15) is 54.1 Å². The van der Waals surface area contributed by atoms with Gasteiger partial charge in [0.05, 0.1) is 5.92 Å². The van der Waals surface area contributed by atoms with E-state index in [2.05, 4.69) is 19.2 Å². The molecular weight excluding hydrogens is 384 g/mol. The highest BCUT2D eigenvalue weighted by molar-refractivity contribution is 5.99. The van der Waals surface area contributed by atoms with Crippen LogP contribution in [-0.2, 0) is 4.79 Å². The van der Waals surface area contributed by atoms with E-state index in [0.717, 1.165) is 37.1 Å². The van der Waals surface area contributed by atoms with Gasteiger partial charge in [-0.15, -0.1) is 0 Å². The molecule has 0 atom stereocenters. The molecule has 0 unspecified atom stereocenters. The van der Waals surface area contributed by atoms with Crippen LogP contribution in [0.5, 0.6) is 0 Å². The van der Waals surface area contributed by atoms with Crippen LogP contribution in [0.15, 0.2) is 84.9 Å². The predicted octanol–water partition coefficient (Wildman–Crippen LogP) is 5.72. The number of rotatable bonds is 9. The van der Waals surface area contributed by atoms with E-state index in [1.54, 1.807) is 24.3 Å². The van der Waals surface area contributed by atoms with Crippen molar-refractivity contribution in [3.05, 3.63) is 102 Å². The molecule has 0 bridgehead atoms. The summed E-state index contributed by atoms with van der Waals surface area (Å²) in [6.45, 7) is 5.65. The van der Waals surface area contributed by atoms with Gasteiger partial charge in [-0.05, 0) is 48.2 Å². The second kappa shape index (κ2) is 11.1. The van der Waals surface area contributed by atoms with Gasteiger partial charge in [0.2, 0.25) is 5.91 Å². The maximum absolute atomic E-state index is 13.2. The number of hydrogen-bond acceptors (Lipinski definition) is 2. The van der Waals surface area contributed by atoms with E-state index in [9.17, 15) is 9.59 Å². The molecule has 3 rings (SSSR count). The van der Waals surface area contributed by atoms with Gasteiger partial charge in [-0.1, -0.05) is 74.5 Å². The number of nitrogens with one attached hydrogen (secondary N) is 1. The molecule has 0 aliphatic heterocycles. The van der Waals surface area contributed by atoms with E-state index < -0.39 is 5.92 Å². The molecule has 0 radical (unpaired) electrons. The fraction of sp³-hybridized carbons (Fsp3) is 0.259. The van der Waals surface area contributed by atoms with Crippen molar-refractivity contribution in [2.75, 3.05) is 18.4 Å². The van der Waals surface area contributed by atoms with Crippen LogP contribution < -0.4 is 5.32 Å². The second-order valence-electron chi connectivity index (χ2n) is 7.61. The number of carbonyl (C=O) groups is 2. The SMILES string of the molecule is CCCN(CCC)C(=O)c1ccc(NC(=O)C(c2ccccc2)c2ccccc2)cc1. The summed E-state index contributed by atoms with van der Waals surface area (Å²) in [6.07, 6.45) is 1.86. The van der Waals surface area contributed by atoms with Crippen molar-refractivity contribution in [1.29, 1.82) is 0 Å². The maximum atomic E-state index is 13.2. The third-order valence-electron chi connectivity index (χ3n) is 5.20. The van der Waals surface area contributed by atoms with Crippen molar-refractivity contribution >= 4 is 17.5 Å². The van der Waals surface area contributed by atoms with Crippen LogP contribution in [0.3, 0.4) is 0 Å². The van der Waals surface area contributed by atoms with Crippen molar-refractivity contribution < 1.29 is 9.59 Å². The van der Waals surface area contributed by atoms with Crippen LogP contribution in [0.25, 0.3) is 0 Å². The van der Waals surface area contributed by atoms with E-state index in [0.29, 0.717) is 11.3 Å². The topological polar surface area (TPSA) is 49.4 Å². The first-order valence-electron chi connectivity index (χ1n) is 10.9. The van der Waals surface area contributed by atoms with Gasteiger partial charge in [0.15, 0.2) is 0 Å². The highest BCUT2D eigenvalue weighted by atomic mass is 16.2.